The van der Waals surface area contributed by atoms with Gasteiger partial charge in [-0.05, 0) is 25.5 Å². The lowest BCUT2D eigenvalue weighted by Gasteiger charge is -2.11. The van der Waals surface area contributed by atoms with Crippen LogP contribution in [0, 0.1) is 6.92 Å². The van der Waals surface area contributed by atoms with Gasteiger partial charge in [0.25, 0.3) is 5.91 Å². The molecule has 1 N–H and O–H groups in total. The first-order valence-corrected chi connectivity index (χ1v) is 9.56. The summed E-state index contributed by atoms with van der Waals surface area (Å²) in [6.45, 7) is 4.62. The first kappa shape index (κ1) is 18.1. The van der Waals surface area contributed by atoms with Crippen LogP contribution in [0.1, 0.15) is 35.1 Å². The molecule has 0 saturated carbocycles. The quantitative estimate of drug-likeness (QED) is 0.558. The maximum Gasteiger partial charge on any atom is 0.267 e. The van der Waals surface area contributed by atoms with Gasteiger partial charge in [0, 0.05) is 5.56 Å². The predicted molar refractivity (Wildman–Crippen MR) is 107 cm³/mol. The van der Waals surface area contributed by atoms with Gasteiger partial charge >= 0.3 is 0 Å². The van der Waals surface area contributed by atoms with E-state index in [1.54, 1.807) is 0 Å². The molecule has 0 unspecified atom stereocenters. The summed E-state index contributed by atoms with van der Waals surface area (Å²) >= 11 is 1.40. The fourth-order valence-corrected chi connectivity index (χ4v) is 3.48. The van der Waals surface area contributed by atoms with Crippen molar-refractivity contribution in [2.24, 2.45) is 0 Å². The summed E-state index contributed by atoms with van der Waals surface area (Å²) < 4.78 is 5.79. The van der Waals surface area contributed by atoms with Gasteiger partial charge in [0.2, 0.25) is 0 Å². The van der Waals surface area contributed by atoms with Crippen molar-refractivity contribution in [1.82, 2.24) is 4.98 Å². The molecule has 1 amide bonds. The number of aryl methyl sites for hydroxylation is 1. The molecule has 0 spiro atoms. The topological polar surface area (TPSA) is 51.2 Å². The van der Waals surface area contributed by atoms with Crippen molar-refractivity contribution in [3.63, 3.8) is 0 Å². The van der Waals surface area contributed by atoms with E-state index in [1.807, 2.05) is 61.5 Å². The van der Waals surface area contributed by atoms with Crippen LogP contribution in [0.4, 0.5) is 5.69 Å². The zero-order valence-corrected chi connectivity index (χ0v) is 15.8. The number of unbranched alkanes of at least 4 members (excludes halogenated alkanes) is 1. The summed E-state index contributed by atoms with van der Waals surface area (Å²) in [6.07, 6.45) is 2.05. The Kier molecular flexibility index (Phi) is 6.02. The SMILES string of the molecule is CCCCOc1ccccc1NC(=O)c1sc(-c2ccccc2)nc1C. The molecule has 0 aliphatic carbocycles. The Bertz CT molecular complexity index is 875. The fraction of sp³-hybridized carbons (Fsp3) is 0.238. The number of amides is 1. The third kappa shape index (κ3) is 4.29. The van der Waals surface area contributed by atoms with Gasteiger partial charge in [-0.2, -0.15) is 0 Å². The van der Waals surface area contributed by atoms with Crippen LogP contribution in [0.3, 0.4) is 0 Å². The van der Waals surface area contributed by atoms with Crippen LogP contribution in [0.5, 0.6) is 5.75 Å². The molecule has 1 heterocycles. The van der Waals surface area contributed by atoms with Gasteiger partial charge in [-0.1, -0.05) is 55.8 Å². The molecule has 0 atom stereocenters. The summed E-state index contributed by atoms with van der Waals surface area (Å²) in [7, 11) is 0. The number of rotatable bonds is 7. The average Bonchev–Trinajstić information content (AvgIpc) is 3.06. The highest BCUT2D eigenvalue weighted by atomic mass is 32.1. The summed E-state index contributed by atoms with van der Waals surface area (Å²) in [5, 5.41) is 3.81. The van der Waals surface area contributed by atoms with Crippen LogP contribution in [-0.4, -0.2) is 17.5 Å². The van der Waals surface area contributed by atoms with Crippen LogP contribution < -0.4 is 10.1 Å². The lowest BCUT2D eigenvalue weighted by atomic mass is 10.2. The van der Waals surface area contributed by atoms with Crippen molar-refractivity contribution in [2.45, 2.75) is 26.7 Å². The van der Waals surface area contributed by atoms with Crippen LogP contribution in [0.15, 0.2) is 54.6 Å². The van der Waals surface area contributed by atoms with Gasteiger partial charge in [-0.15, -0.1) is 11.3 Å². The Morgan fingerprint density at radius 1 is 1.12 bits per heavy atom. The molecule has 0 aliphatic rings. The zero-order chi connectivity index (χ0) is 18.4. The summed E-state index contributed by atoms with van der Waals surface area (Å²) in [5.74, 6) is 0.536. The number of anilines is 1. The molecule has 0 fully saturated rings. The Morgan fingerprint density at radius 2 is 1.85 bits per heavy atom. The number of nitrogens with one attached hydrogen (secondary N) is 1. The molecule has 0 radical (unpaired) electrons. The van der Waals surface area contributed by atoms with E-state index in [1.165, 1.54) is 11.3 Å². The van der Waals surface area contributed by atoms with E-state index in [0.29, 0.717) is 22.9 Å². The van der Waals surface area contributed by atoms with Crippen LogP contribution in [0.2, 0.25) is 0 Å². The molecular formula is C21H22N2O2S. The van der Waals surface area contributed by atoms with Gasteiger partial charge < -0.3 is 10.1 Å². The highest BCUT2D eigenvalue weighted by molar-refractivity contribution is 7.17. The normalized spacial score (nSPS) is 10.5. The number of nitrogens with zero attached hydrogens (tertiary/aromatic N) is 1. The summed E-state index contributed by atoms with van der Waals surface area (Å²) in [6, 6.07) is 17.4. The highest BCUT2D eigenvalue weighted by Gasteiger charge is 2.17. The van der Waals surface area contributed by atoms with Crippen molar-refractivity contribution in [3.8, 4) is 16.3 Å². The third-order valence-electron chi connectivity index (χ3n) is 3.91. The van der Waals surface area contributed by atoms with Crippen LogP contribution >= 0.6 is 11.3 Å². The van der Waals surface area contributed by atoms with E-state index >= 15 is 0 Å². The number of carbonyl (C=O) groups is 1. The largest absolute Gasteiger partial charge is 0.491 e. The van der Waals surface area contributed by atoms with E-state index < -0.39 is 0 Å². The van der Waals surface area contributed by atoms with Crippen molar-refractivity contribution in [3.05, 3.63) is 65.2 Å². The minimum Gasteiger partial charge on any atom is -0.491 e. The van der Waals surface area contributed by atoms with Gasteiger partial charge in [0.15, 0.2) is 0 Å². The van der Waals surface area contributed by atoms with E-state index in [9.17, 15) is 4.79 Å². The van der Waals surface area contributed by atoms with Crippen LogP contribution in [0.25, 0.3) is 10.6 Å². The molecule has 5 heteroatoms. The molecule has 26 heavy (non-hydrogen) atoms. The third-order valence-corrected chi connectivity index (χ3v) is 5.12. The Labute approximate surface area is 157 Å². The Morgan fingerprint density at radius 3 is 2.62 bits per heavy atom. The number of hydrogen-bond acceptors (Lipinski definition) is 4. The molecule has 3 aromatic rings. The number of benzene rings is 2. The summed E-state index contributed by atoms with van der Waals surface area (Å²) in [4.78, 5) is 17.9. The van der Waals surface area contributed by atoms with Crippen molar-refractivity contribution >= 4 is 22.9 Å². The highest BCUT2D eigenvalue weighted by Crippen LogP contribution is 2.30. The van der Waals surface area contributed by atoms with Gasteiger partial charge in [0.05, 0.1) is 18.0 Å². The molecule has 1 aromatic heterocycles. The minimum absolute atomic E-state index is 0.159. The number of para-hydroxylation sites is 2. The molecule has 0 aliphatic heterocycles. The van der Waals surface area contributed by atoms with Gasteiger partial charge in [-0.25, -0.2) is 4.98 Å². The standard InChI is InChI=1S/C21H22N2O2S/c1-3-4-14-25-18-13-9-8-12-17(18)23-20(24)19-15(2)22-21(26-19)16-10-6-5-7-11-16/h5-13H,3-4,14H2,1-2H3,(H,23,24). The van der Waals surface area contributed by atoms with Crippen molar-refractivity contribution in [1.29, 1.82) is 0 Å². The monoisotopic (exact) mass is 366 g/mol. The second kappa shape index (κ2) is 8.63. The lowest BCUT2D eigenvalue weighted by Crippen LogP contribution is -2.12. The number of carbonyl (C=O) groups excluding carboxylic acids is 1. The van der Waals surface area contributed by atoms with E-state index in [4.69, 9.17) is 4.74 Å². The van der Waals surface area contributed by atoms with Gasteiger partial charge in [-0.3, -0.25) is 4.79 Å². The van der Waals surface area contributed by atoms with Gasteiger partial charge in [0.1, 0.15) is 15.6 Å². The van der Waals surface area contributed by atoms with E-state index in [2.05, 4.69) is 17.2 Å². The second-order valence-corrected chi connectivity index (χ2v) is 6.95. The number of thiazole rings is 1. The molecule has 2 aromatic carbocycles. The smallest absolute Gasteiger partial charge is 0.267 e. The molecular weight excluding hydrogens is 344 g/mol. The molecule has 3 rings (SSSR count). The molecule has 134 valence electrons. The zero-order valence-electron chi connectivity index (χ0n) is 15.0. The second-order valence-electron chi connectivity index (χ2n) is 5.95. The first-order chi connectivity index (χ1) is 12.7. The fourth-order valence-electron chi connectivity index (χ4n) is 2.51. The lowest BCUT2D eigenvalue weighted by molar-refractivity contribution is 0.102. The molecule has 0 saturated heterocycles. The number of ether oxygens (including phenoxy) is 1. The number of aromatic nitrogens is 1. The number of hydrogen-bond donors (Lipinski definition) is 1. The maximum absolute atomic E-state index is 12.8. The van der Waals surface area contributed by atoms with Crippen molar-refractivity contribution < 1.29 is 9.53 Å². The van der Waals surface area contributed by atoms with E-state index in [-0.39, 0.29) is 5.91 Å². The Balaban J connectivity index is 1.78. The predicted octanol–water partition coefficient (Wildman–Crippen LogP) is 5.55. The minimum atomic E-state index is -0.159. The van der Waals surface area contributed by atoms with Crippen molar-refractivity contribution in [2.75, 3.05) is 11.9 Å². The first-order valence-electron chi connectivity index (χ1n) is 8.75. The Hall–Kier alpha value is -2.66. The van der Waals surface area contributed by atoms with Crippen LogP contribution in [-0.2, 0) is 0 Å². The average molecular weight is 366 g/mol. The maximum atomic E-state index is 12.8. The van der Waals surface area contributed by atoms with E-state index in [0.717, 1.165) is 29.1 Å². The molecule has 0 bridgehead atoms. The summed E-state index contributed by atoms with van der Waals surface area (Å²) in [5.41, 5.74) is 2.43. The molecule has 4 nitrogen and oxygen atoms in total.